The molecule has 10 heteroatoms. The van der Waals surface area contributed by atoms with E-state index >= 15 is 0 Å². The molecule has 30 heavy (non-hydrogen) atoms. The molecular weight excluding hydrogens is 408 g/mol. The van der Waals surface area contributed by atoms with Gasteiger partial charge in [0.05, 0.1) is 27.9 Å². The van der Waals surface area contributed by atoms with Gasteiger partial charge in [0.2, 0.25) is 5.91 Å². The molecule has 9 nitrogen and oxygen atoms in total. The van der Waals surface area contributed by atoms with Gasteiger partial charge in [0, 0.05) is 44.4 Å². The van der Waals surface area contributed by atoms with Crippen molar-refractivity contribution in [3.63, 3.8) is 0 Å². The molecule has 0 unspecified atom stereocenters. The Morgan fingerprint density at radius 2 is 2.03 bits per heavy atom. The van der Waals surface area contributed by atoms with E-state index in [1.807, 2.05) is 6.07 Å². The molecule has 0 radical (unpaired) electrons. The van der Waals surface area contributed by atoms with Gasteiger partial charge in [-0.3, -0.25) is 24.6 Å². The maximum Gasteiger partial charge on any atom is 0.283 e. The van der Waals surface area contributed by atoms with Gasteiger partial charge in [0.1, 0.15) is 0 Å². The van der Waals surface area contributed by atoms with E-state index in [0.717, 1.165) is 30.0 Å². The molecule has 0 spiro atoms. The van der Waals surface area contributed by atoms with Gasteiger partial charge >= 0.3 is 0 Å². The van der Waals surface area contributed by atoms with Gasteiger partial charge in [-0.05, 0) is 24.6 Å². The molecule has 2 aromatic rings. The zero-order valence-corrected chi connectivity index (χ0v) is 17.5. The van der Waals surface area contributed by atoms with E-state index in [4.69, 9.17) is 4.74 Å². The van der Waals surface area contributed by atoms with Gasteiger partial charge in [-0.1, -0.05) is 12.1 Å². The lowest BCUT2D eigenvalue weighted by Gasteiger charge is -2.26. The van der Waals surface area contributed by atoms with E-state index in [1.165, 1.54) is 6.07 Å². The molecule has 0 atom stereocenters. The number of ether oxygens (including phenoxy) is 1. The van der Waals surface area contributed by atoms with Gasteiger partial charge in [-0.25, -0.2) is 0 Å². The van der Waals surface area contributed by atoms with Gasteiger partial charge in [-0.15, -0.1) is 11.3 Å². The molecule has 2 amide bonds. The van der Waals surface area contributed by atoms with Crippen LogP contribution in [0, 0.1) is 17.0 Å². The number of rotatable bonds is 8. The lowest BCUT2D eigenvalue weighted by molar-refractivity contribution is -0.385. The van der Waals surface area contributed by atoms with E-state index < -0.39 is 4.92 Å². The first kappa shape index (κ1) is 21.9. The van der Waals surface area contributed by atoms with Crippen LogP contribution in [-0.4, -0.2) is 54.5 Å². The van der Waals surface area contributed by atoms with E-state index in [-0.39, 0.29) is 24.0 Å². The maximum atomic E-state index is 12.3. The summed E-state index contributed by atoms with van der Waals surface area (Å²) in [5, 5.41) is 16.6. The van der Waals surface area contributed by atoms with Crippen LogP contribution >= 0.6 is 11.3 Å². The molecule has 1 aromatic carbocycles. The van der Waals surface area contributed by atoms with Gasteiger partial charge in [0.15, 0.2) is 0 Å². The van der Waals surface area contributed by atoms with Crippen LogP contribution in [0.1, 0.15) is 26.5 Å². The lowest BCUT2D eigenvalue weighted by Crippen LogP contribution is -2.38. The molecule has 2 heterocycles. The van der Waals surface area contributed by atoms with Gasteiger partial charge < -0.3 is 15.4 Å². The average Bonchev–Trinajstić information content (AvgIpc) is 3.14. The van der Waals surface area contributed by atoms with Crippen LogP contribution in [-0.2, 0) is 16.1 Å². The Labute approximate surface area is 178 Å². The van der Waals surface area contributed by atoms with Crippen molar-refractivity contribution >= 4 is 34.5 Å². The van der Waals surface area contributed by atoms with Crippen molar-refractivity contribution < 1.29 is 19.2 Å². The summed E-state index contributed by atoms with van der Waals surface area (Å²) in [6.07, 6.45) is 0.400. The molecular formula is C20H24N4O5S. The Hall–Kier alpha value is -2.82. The summed E-state index contributed by atoms with van der Waals surface area (Å²) in [5.41, 5.74) is 1.43. The highest BCUT2D eigenvalue weighted by Crippen LogP contribution is 2.28. The second-order valence-electron chi connectivity index (χ2n) is 6.94. The molecule has 2 N–H and O–H groups in total. The number of carbonyl (C=O) groups excluding carboxylic acids is 2. The topological polar surface area (TPSA) is 114 Å². The fourth-order valence-corrected chi connectivity index (χ4v) is 4.01. The van der Waals surface area contributed by atoms with Crippen LogP contribution in [0.4, 0.5) is 11.4 Å². The third-order valence-corrected chi connectivity index (χ3v) is 5.77. The highest BCUT2D eigenvalue weighted by Gasteiger charge is 2.19. The SMILES string of the molecule is Cc1sc(C(=O)NCc2cccc(NC(=O)CCN3CCOCC3)c2)cc1[N+](=O)[O-]. The zero-order chi connectivity index (χ0) is 21.5. The van der Waals surface area contributed by atoms with Crippen molar-refractivity contribution in [1.29, 1.82) is 0 Å². The number of nitro groups is 1. The molecule has 0 aliphatic carbocycles. The second-order valence-corrected chi connectivity index (χ2v) is 8.20. The average molecular weight is 433 g/mol. The van der Waals surface area contributed by atoms with Crippen molar-refractivity contribution in [2.45, 2.75) is 19.9 Å². The summed E-state index contributed by atoms with van der Waals surface area (Å²) in [4.78, 5) is 37.9. The molecule has 1 fully saturated rings. The van der Waals surface area contributed by atoms with E-state index in [0.29, 0.717) is 41.6 Å². The summed E-state index contributed by atoms with van der Waals surface area (Å²) in [5.74, 6) is -0.430. The quantitative estimate of drug-likeness (QED) is 0.490. The molecule has 1 saturated heterocycles. The summed E-state index contributed by atoms with van der Waals surface area (Å²) in [7, 11) is 0. The number of hydrogen-bond acceptors (Lipinski definition) is 7. The predicted molar refractivity (Wildman–Crippen MR) is 114 cm³/mol. The minimum Gasteiger partial charge on any atom is -0.379 e. The predicted octanol–water partition coefficient (Wildman–Crippen LogP) is 2.56. The largest absolute Gasteiger partial charge is 0.379 e. The van der Waals surface area contributed by atoms with Crippen LogP contribution in [0.25, 0.3) is 0 Å². The number of benzene rings is 1. The molecule has 1 aliphatic heterocycles. The van der Waals surface area contributed by atoms with Crippen LogP contribution in [0.2, 0.25) is 0 Å². The fraction of sp³-hybridized carbons (Fsp3) is 0.400. The number of thiophene rings is 1. The molecule has 0 bridgehead atoms. The molecule has 1 aliphatic rings. The lowest BCUT2D eigenvalue weighted by atomic mass is 10.2. The van der Waals surface area contributed by atoms with E-state index in [1.54, 1.807) is 25.1 Å². The van der Waals surface area contributed by atoms with Crippen LogP contribution in [0.3, 0.4) is 0 Å². The first-order valence-electron chi connectivity index (χ1n) is 9.64. The molecule has 1 aromatic heterocycles. The number of amides is 2. The number of hydrogen-bond donors (Lipinski definition) is 2. The second kappa shape index (κ2) is 10.3. The monoisotopic (exact) mass is 432 g/mol. The Balaban J connectivity index is 1.50. The zero-order valence-electron chi connectivity index (χ0n) is 16.7. The molecule has 0 saturated carbocycles. The van der Waals surface area contributed by atoms with Crippen molar-refractivity contribution in [1.82, 2.24) is 10.2 Å². The highest BCUT2D eigenvalue weighted by atomic mass is 32.1. The van der Waals surface area contributed by atoms with Crippen molar-refractivity contribution in [3.05, 3.63) is 55.8 Å². The normalized spacial score (nSPS) is 14.3. The van der Waals surface area contributed by atoms with Crippen LogP contribution in [0.5, 0.6) is 0 Å². The fourth-order valence-electron chi connectivity index (χ4n) is 3.10. The number of nitrogens with zero attached hydrogens (tertiary/aromatic N) is 2. The first-order chi connectivity index (χ1) is 14.4. The number of nitrogens with one attached hydrogen (secondary N) is 2. The standard InChI is InChI=1S/C20H24N4O5S/c1-14-17(24(27)28)12-18(30-14)20(26)21-13-15-3-2-4-16(11-15)22-19(25)5-6-23-7-9-29-10-8-23/h2-4,11-12H,5-10,13H2,1H3,(H,21,26)(H,22,25). The summed E-state index contributed by atoms with van der Waals surface area (Å²) < 4.78 is 5.30. The Kier molecular flexibility index (Phi) is 7.50. The number of morpholine rings is 1. The van der Waals surface area contributed by atoms with E-state index in [2.05, 4.69) is 15.5 Å². The minimum atomic E-state index is -0.492. The Bertz CT molecular complexity index is 924. The Morgan fingerprint density at radius 1 is 1.27 bits per heavy atom. The Morgan fingerprint density at radius 3 is 2.73 bits per heavy atom. The molecule has 3 rings (SSSR count). The smallest absolute Gasteiger partial charge is 0.283 e. The van der Waals surface area contributed by atoms with Crippen LogP contribution < -0.4 is 10.6 Å². The van der Waals surface area contributed by atoms with Crippen molar-refractivity contribution in [2.24, 2.45) is 0 Å². The number of aryl methyl sites for hydroxylation is 1. The van der Waals surface area contributed by atoms with Crippen molar-refractivity contribution in [3.8, 4) is 0 Å². The third kappa shape index (κ3) is 6.09. The minimum absolute atomic E-state index is 0.0491. The van der Waals surface area contributed by atoms with E-state index in [9.17, 15) is 19.7 Å². The highest BCUT2D eigenvalue weighted by molar-refractivity contribution is 7.14. The van der Waals surface area contributed by atoms with Gasteiger partial charge in [-0.2, -0.15) is 0 Å². The summed E-state index contributed by atoms with van der Waals surface area (Å²) in [6.45, 7) is 5.65. The van der Waals surface area contributed by atoms with Crippen molar-refractivity contribution in [2.75, 3.05) is 38.2 Å². The molecule has 160 valence electrons. The third-order valence-electron chi connectivity index (χ3n) is 4.73. The van der Waals surface area contributed by atoms with Crippen LogP contribution in [0.15, 0.2) is 30.3 Å². The van der Waals surface area contributed by atoms with Gasteiger partial charge in [0.25, 0.3) is 11.6 Å². The summed E-state index contributed by atoms with van der Waals surface area (Å²) in [6, 6.07) is 8.53. The first-order valence-corrected chi connectivity index (χ1v) is 10.5. The number of carbonyl (C=O) groups is 2. The number of anilines is 1. The summed E-state index contributed by atoms with van der Waals surface area (Å²) >= 11 is 1.09. The maximum absolute atomic E-state index is 12.3.